The third-order valence-corrected chi connectivity index (χ3v) is 9.31. The van der Waals surface area contributed by atoms with Crippen LogP contribution in [0.4, 0.5) is 0 Å². The lowest BCUT2D eigenvalue weighted by Crippen LogP contribution is -2.52. The fourth-order valence-corrected chi connectivity index (χ4v) is 8.05. The van der Waals surface area contributed by atoms with Crippen molar-refractivity contribution in [2.75, 3.05) is 7.11 Å². The SMILES string of the molecule is CO/N=C(\C(=O)O)c1nc2ccccc2n(C2CC3CC[C@H](C2)N3C2CC3CCCCC(C3)C2)c1=O. The van der Waals surface area contributed by atoms with Gasteiger partial charge in [0, 0.05) is 24.2 Å². The number of para-hydroxylation sites is 2. The second-order valence-electron chi connectivity index (χ2n) is 11.4. The highest BCUT2D eigenvalue weighted by molar-refractivity contribution is 6.41. The molecule has 2 saturated heterocycles. The van der Waals surface area contributed by atoms with E-state index < -0.39 is 17.2 Å². The quantitative estimate of drug-likeness (QED) is 0.492. The Kier molecular flexibility index (Phi) is 6.32. The summed E-state index contributed by atoms with van der Waals surface area (Å²) in [6.07, 6.45) is 13.9. The highest BCUT2D eigenvalue weighted by atomic mass is 16.6. The minimum atomic E-state index is -1.32. The first-order chi connectivity index (χ1) is 17.5. The predicted molar refractivity (Wildman–Crippen MR) is 137 cm³/mol. The van der Waals surface area contributed by atoms with E-state index in [1.165, 1.54) is 64.9 Å². The Morgan fingerprint density at radius 3 is 2.25 bits per heavy atom. The van der Waals surface area contributed by atoms with Crippen molar-refractivity contribution in [3.8, 4) is 0 Å². The summed E-state index contributed by atoms with van der Waals surface area (Å²) in [7, 11) is 1.28. The van der Waals surface area contributed by atoms with Crippen molar-refractivity contribution < 1.29 is 14.7 Å². The van der Waals surface area contributed by atoms with Crippen molar-refractivity contribution in [1.29, 1.82) is 0 Å². The van der Waals surface area contributed by atoms with Gasteiger partial charge in [-0.1, -0.05) is 43.0 Å². The predicted octanol–water partition coefficient (Wildman–Crippen LogP) is 4.36. The van der Waals surface area contributed by atoms with Gasteiger partial charge in [0.15, 0.2) is 5.69 Å². The number of aromatic nitrogens is 2. The molecule has 0 spiro atoms. The van der Waals surface area contributed by atoms with E-state index in [2.05, 4.69) is 15.0 Å². The summed E-state index contributed by atoms with van der Waals surface area (Å²) in [5, 5.41) is 13.3. The van der Waals surface area contributed by atoms with Crippen LogP contribution in [0.15, 0.2) is 34.2 Å². The normalized spacial score (nSPS) is 32.9. The smallest absolute Gasteiger partial charge is 0.360 e. The molecule has 2 aliphatic heterocycles. The number of hydrogen-bond acceptors (Lipinski definition) is 6. The molecule has 36 heavy (non-hydrogen) atoms. The standard InChI is InChI=1S/C28H36N4O4/c1-36-30-26(28(34)35)25-27(33)32(24-9-5-4-8-23(24)29-25)22-15-19-10-11-20(16-22)31(19)21-13-17-6-2-3-7-18(12-17)14-21/h4-5,8-9,17-22H,2-3,6-7,10-16H2,1H3,(H,34,35)/b30-26-/t17?,18?,19-,20?,21?,22?/m1/s1. The minimum Gasteiger partial charge on any atom is -0.476 e. The van der Waals surface area contributed by atoms with E-state index in [9.17, 15) is 14.7 Å². The summed E-state index contributed by atoms with van der Waals surface area (Å²) in [6.45, 7) is 0. The van der Waals surface area contributed by atoms with Gasteiger partial charge in [-0.15, -0.1) is 0 Å². The summed E-state index contributed by atoms with van der Waals surface area (Å²) >= 11 is 0. The number of oxime groups is 1. The molecule has 2 saturated carbocycles. The number of carboxylic acids is 1. The van der Waals surface area contributed by atoms with Crippen LogP contribution in [0, 0.1) is 11.8 Å². The molecule has 1 aromatic heterocycles. The van der Waals surface area contributed by atoms with Gasteiger partial charge in [0.25, 0.3) is 5.56 Å². The molecule has 4 aliphatic rings. The largest absolute Gasteiger partial charge is 0.476 e. The average Bonchev–Trinajstić information content (AvgIpc) is 3.02. The molecule has 1 N–H and O–H groups in total. The number of fused-ring (bicyclic) bond motifs is 5. The Morgan fingerprint density at radius 1 is 0.944 bits per heavy atom. The lowest BCUT2D eigenvalue weighted by Gasteiger charge is -2.48. The van der Waals surface area contributed by atoms with Gasteiger partial charge in [-0.25, -0.2) is 9.78 Å². The van der Waals surface area contributed by atoms with Gasteiger partial charge >= 0.3 is 5.97 Å². The van der Waals surface area contributed by atoms with Gasteiger partial charge in [-0.2, -0.15) is 0 Å². The van der Waals surface area contributed by atoms with Gasteiger partial charge < -0.3 is 14.5 Å². The summed E-state index contributed by atoms with van der Waals surface area (Å²) in [5.74, 6) is 0.450. The van der Waals surface area contributed by atoms with E-state index in [4.69, 9.17) is 4.84 Å². The monoisotopic (exact) mass is 492 g/mol. The maximum Gasteiger partial charge on any atom is 0.360 e. The van der Waals surface area contributed by atoms with E-state index >= 15 is 0 Å². The van der Waals surface area contributed by atoms with E-state index in [-0.39, 0.29) is 11.7 Å². The van der Waals surface area contributed by atoms with Crippen molar-refractivity contribution in [1.82, 2.24) is 14.5 Å². The van der Waals surface area contributed by atoms with Crippen molar-refractivity contribution in [3.63, 3.8) is 0 Å². The van der Waals surface area contributed by atoms with Gasteiger partial charge in [0.05, 0.1) is 11.0 Å². The molecule has 6 rings (SSSR count). The number of nitrogens with zero attached hydrogens (tertiary/aromatic N) is 4. The molecular formula is C28H36N4O4. The number of carbonyl (C=O) groups is 1. The van der Waals surface area contributed by atoms with E-state index in [0.29, 0.717) is 23.6 Å². The lowest BCUT2D eigenvalue weighted by atomic mass is 9.76. The minimum absolute atomic E-state index is 0.0151. The Labute approximate surface area is 211 Å². The Bertz CT molecular complexity index is 1210. The van der Waals surface area contributed by atoms with Crippen LogP contribution in [0.25, 0.3) is 11.0 Å². The third-order valence-electron chi connectivity index (χ3n) is 9.31. The molecule has 2 aromatic rings. The zero-order chi connectivity index (χ0) is 24.8. The van der Waals surface area contributed by atoms with Gasteiger partial charge in [0.1, 0.15) is 7.11 Å². The number of rotatable bonds is 5. The zero-order valence-electron chi connectivity index (χ0n) is 21.0. The van der Waals surface area contributed by atoms with Crippen LogP contribution in [0.5, 0.6) is 0 Å². The number of carboxylic acid groups (broad SMARTS) is 1. The summed E-state index contributed by atoms with van der Waals surface area (Å²) in [4.78, 5) is 37.7. The molecule has 0 radical (unpaired) electrons. The Hall–Kier alpha value is -2.74. The third kappa shape index (κ3) is 4.13. The van der Waals surface area contributed by atoms with Crippen molar-refractivity contribution >= 4 is 22.7 Å². The maximum absolute atomic E-state index is 13.8. The molecule has 8 nitrogen and oxygen atoms in total. The Morgan fingerprint density at radius 2 is 1.61 bits per heavy atom. The Balaban J connectivity index is 1.34. The number of benzene rings is 1. The van der Waals surface area contributed by atoms with Crippen molar-refractivity contribution in [2.45, 2.75) is 94.8 Å². The highest BCUT2D eigenvalue weighted by Crippen LogP contribution is 2.47. The first-order valence-electron chi connectivity index (χ1n) is 13.7. The second kappa shape index (κ2) is 9.61. The molecule has 4 unspecified atom stereocenters. The van der Waals surface area contributed by atoms with Crippen LogP contribution < -0.4 is 5.56 Å². The van der Waals surface area contributed by atoms with Gasteiger partial charge in [-0.05, 0) is 68.9 Å². The topological polar surface area (TPSA) is 97.0 Å². The van der Waals surface area contributed by atoms with Gasteiger partial charge in [0.2, 0.25) is 5.71 Å². The summed E-state index contributed by atoms with van der Waals surface area (Å²) in [6, 6.07) is 9.17. The lowest BCUT2D eigenvalue weighted by molar-refractivity contribution is -0.129. The van der Waals surface area contributed by atoms with Gasteiger partial charge in [-0.3, -0.25) is 9.69 Å². The molecule has 5 atom stereocenters. The first-order valence-corrected chi connectivity index (χ1v) is 13.7. The molecular weight excluding hydrogens is 456 g/mol. The fourth-order valence-electron chi connectivity index (χ4n) is 8.05. The van der Waals surface area contributed by atoms with Crippen LogP contribution in [-0.2, 0) is 9.63 Å². The van der Waals surface area contributed by atoms with E-state index in [1.54, 1.807) is 0 Å². The molecule has 1 aromatic carbocycles. The highest BCUT2D eigenvalue weighted by Gasteiger charge is 2.47. The average molecular weight is 493 g/mol. The van der Waals surface area contributed by atoms with Crippen LogP contribution in [-0.4, -0.2) is 56.5 Å². The van der Waals surface area contributed by atoms with Crippen molar-refractivity contribution in [3.05, 3.63) is 40.3 Å². The molecule has 4 bridgehead atoms. The van der Waals surface area contributed by atoms with Crippen LogP contribution in [0.2, 0.25) is 0 Å². The maximum atomic E-state index is 13.8. The molecule has 3 heterocycles. The van der Waals surface area contributed by atoms with Crippen LogP contribution >= 0.6 is 0 Å². The zero-order valence-corrected chi connectivity index (χ0v) is 21.0. The second-order valence-corrected chi connectivity index (χ2v) is 11.4. The molecule has 8 heteroatoms. The number of aliphatic carboxylic acids is 1. The molecule has 4 fully saturated rings. The number of piperidine rings is 1. The first kappa shape index (κ1) is 23.6. The van der Waals surface area contributed by atoms with Crippen molar-refractivity contribution in [2.24, 2.45) is 17.0 Å². The van der Waals surface area contributed by atoms with E-state index in [0.717, 1.165) is 30.2 Å². The van der Waals surface area contributed by atoms with Crippen LogP contribution in [0.1, 0.15) is 82.4 Å². The molecule has 192 valence electrons. The molecule has 0 amide bonds. The fraction of sp³-hybridized carbons (Fsp3) is 0.643. The van der Waals surface area contributed by atoms with Crippen LogP contribution in [0.3, 0.4) is 0 Å². The summed E-state index contributed by atoms with van der Waals surface area (Å²) < 4.78 is 1.81. The van der Waals surface area contributed by atoms with E-state index in [1.807, 2.05) is 28.8 Å². The summed E-state index contributed by atoms with van der Waals surface area (Å²) in [5.41, 5.74) is 0.355. The number of hydrogen-bond donors (Lipinski definition) is 1. The molecule has 2 aliphatic carbocycles.